The third-order valence-electron chi connectivity index (χ3n) is 6.14. The van der Waals surface area contributed by atoms with Crippen molar-refractivity contribution in [3.05, 3.63) is 57.5 Å². The lowest BCUT2D eigenvalue weighted by Gasteiger charge is -2.27. The second-order valence-corrected chi connectivity index (χ2v) is 8.72. The van der Waals surface area contributed by atoms with Crippen molar-refractivity contribution >= 4 is 11.6 Å². The molecule has 3 aromatic heterocycles. The van der Waals surface area contributed by atoms with Crippen LogP contribution in [0.15, 0.2) is 18.3 Å². The van der Waals surface area contributed by atoms with Crippen LogP contribution in [0.25, 0.3) is 11.3 Å². The summed E-state index contributed by atoms with van der Waals surface area (Å²) in [4.78, 5) is 14.1. The van der Waals surface area contributed by atoms with Crippen LogP contribution in [0.1, 0.15) is 71.7 Å². The van der Waals surface area contributed by atoms with Gasteiger partial charge in [-0.25, -0.2) is 9.97 Å². The molecule has 2 aliphatic rings. The lowest BCUT2D eigenvalue weighted by atomic mass is 9.78. The molecule has 0 radical (unpaired) electrons. The van der Waals surface area contributed by atoms with E-state index in [1.54, 1.807) is 6.20 Å². The second-order valence-electron chi connectivity index (χ2n) is 8.28. The van der Waals surface area contributed by atoms with Gasteiger partial charge < -0.3 is 5.32 Å². The third kappa shape index (κ3) is 3.55. The van der Waals surface area contributed by atoms with Crippen LogP contribution >= 0.6 is 11.6 Å². The highest BCUT2D eigenvalue weighted by Gasteiger charge is 2.31. The smallest absolute Gasteiger partial charge is 0.131 e. The predicted octanol–water partition coefficient (Wildman–Crippen LogP) is 4.58. The lowest BCUT2D eigenvalue weighted by molar-refractivity contribution is 0.380. The van der Waals surface area contributed by atoms with Gasteiger partial charge in [-0.3, -0.25) is 10.1 Å². The fourth-order valence-corrected chi connectivity index (χ4v) is 4.99. The number of aromatic amines is 1. The summed E-state index contributed by atoms with van der Waals surface area (Å²) in [5.41, 5.74) is 7.71. The number of hydrogen-bond acceptors (Lipinski definition) is 5. The molecule has 3 aromatic rings. The van der Waals surface area contributed by atoms with E-state index >= 15 is 0 Å². The number of aromatic nitrogens is 5. The zero-order chi connectivity index (χ0) is 20.0. The Hall–Kier alpha value is -2.31. The number of nitrogens with zero attached hydrogens (tertiary/aromatic N) is 4. The first-order valence-electron chi connectivity index (χ1n) is 10.3. The van der Waals surface area contributed by atoms with Crippen molar-refractivity contribution in [2.45, 2.75) is 64.5 Å². The zero-order valence-electron chi connectivity index (χ0n) is 16.8. The molecule has 0 aromatic carbocycles. The Balaban J connectivity index is 1.42. The molecule has 150 valence electrons. The van der Waals surface area contributed by atoms with Gasteiger partial charge >= 0.3 is 0 Å². The first-order chi connectivity index (χ1) is 14.1. The van der Waals surface area contributed by atoms with E-state index in [0.29, 0.717) is 16.9 Å². The van der Waals surface area contributed by atoms with Crippen LogP contribution in [0.4, 0.5) is 0 Å². The van der Waals surface area contributed by atoms with Gasteiger partial charge in [0.05, 0.1) is 22.1 Å². The molecule has 0 atom stereocenters. The van der Waals surface area contributed by atoms with Crippen molar-refractivity contribution in [2.75, 3.05) is 0 Å². The molecule has 5 rings (SSSR count). The molecule has 0 amide bonds. The van der Waals surface area contributed by atoms with E-state index in [0.717, 1.165) is 78.6 Å². The first-order valence-corrected chi connectivity index (χ1v) is 10.7. The van der Waals surface area contributed by atoms with Gasteiger partial charge in [-0.1, -0.05) is 11.6 Å². The van der Waals surface area contributed by atoms with E-state index in [1.807, 2.05) is 26.0 Å². The molecular formula is C22H25ClN6. The van der Waals surface area contributed by atoms with Crippen molar-refractivity contribution in [2.24, 2.45) is 0 Å². The molecule has 1 aliphatic heterocycles. The van der Waals surface area contributed by atoms with E-state index in [1.165, 1.54) is 5.56 Å². The average molecular weight is 409 g/mol. The number of halogens is 1. The minimum atomic E-state index is 0.431. The summed E-state index contributed by atoms with van der Waals surface area (Å²) in [6, 6.07) is 4.05. The predicted molar refractivity (Wildman–Crippen MR) is 113 cm³/mol. The van der Waals surface area contributed by atoms with Gasteiger partial charge in [0.2, 0.25) is 0 Å². The SMILES string of the molecule is Cc1cc(C)nc(C2CCC(c3n[nH]c4c3-c3ncc(Cl)cc3CNC4)CC2)n1. The minimum Gasteiger partial charge on any atom is -0.307 e. The molecule has 1 aliphatic carbocycles. The molecular weight excluding hydrogens is 384 g/mol. The maximum Gasteiger partial charge on any atom is 0.131 e. The van der Waals surface area contributed by atoms with Crippen LogP contribution in [0.2, 0.25) is 5.02 Å². The molecule has 0 unspecified atom stereocenters. The highest BCUT2D eigenvalue weighted by molar-refractivity contribution is 6.30. The Morgan fingerprint density at radius 1 is 0.966 bits per heavy atom. The monoisotopic (exact) mass is 408 g/mol. The van der Waals surface area contributed by atoms with Crippen LogP contribution in [-0.2, 0) is 13.1 Å². The molecule has 1 saturated carbocycles. The number of hydrogen-bond donors (Lipinski definition) is 2. The molecule has 6 nitrogen and oxygen atoms in total. The summed E-state index contributed by atoms with van der Waals surface area (Å²) in [5, 5.41) is 12.1. The van der Waals surface area contributed by atoms with Gasteiger partial charge in [-0.15, -0.1) is 0 Å². The number of rotatable bonds is 2. The van der Waals surface area contributed by atoms with Crippen molar-refractivity contribution in [1.82, 2.24) is 30.5 Å². The van der Waals surface area contributed by atoms with Crippen molar-refractivity contribution in [3.8, 4) is 11.3 Å². The quantitative estimate of drug-likeness (QED) is 0.648. The summed E-state index contributed by atoms with van der Waals surface area (Å²) in [5.74, 6) is 1.88. The van der Waals surface area contributed by atoms with Gasteiger partial charge in [0.25, 0.3) is 0 Å². The van der Waals surface area contributed by atoms with Crippen molar-refractivity contribution in [3.63, 3.8) is 0 Å². The van der Waals surface area contributed by atoms with E-state index in [4.69, 9.17) is 26.7 Å². The molecule has 0 saturated heterocycles. The maximum absolute atomic E-state index is 6.19. The summed E-state index contributed by atoms with van der Waals surface area (Å²) < 4.78 is 0. The Labute approximate surface area is 175 Å². The normalized spacial score (nSPS) is 21.3. The summed E-state index contributed by atoms with van der Waals surface area (Å²) in [6.07, 6.45) is 6.10. The molecule has 0 spiro atoms. The first kappa shape index (κ1) is 18.7. The van der Waals surface area contributed by atoms with Crippen molar-refractivity contribution in [1.29, 1.82) is 0 Å². The lowest BCUT2D eigenvalue weighted by Crippen LogP contribution is -2.16. The van der Waals surface area contributed by atoms with Gasteiger partial charge in [0.15, 0.2) is 0 Å². The van der Waals surface area contributed by atoms with E-state index in [9.17, 15) is 0 Å². The Kier molecular flexibility index (Phi) is 4.84. The van der Waals surface area contributed by atoms with E-state index in [-0.39, 0.29) is 0 Å². The molecule has 7 heteroatoms. The topological polar surface area (TPSA) is 79.4 Å². The highest BCUT2D eigenvalue weighted by atomic mass is 35.5. The Morgan fingerprint density at radius 2 is 1.69 bits per heavy atom. The average Bonchev–Trinajstić information content (AvgIpc) is 3.03. The van der Waals surface area contributed by atoms with Gasteiger partial charge in [0.1, 0.15) is 5.82 Å². The van der Waals surface area contributed by atoms with E-state index in [2.05, 4.69) is 15.4 Å². The molecule has 4 heterocycles. The largest absolute Gasteiger partial charge is 0.307 e. The van der Waals surface area contributed by atoms with Crippen LogP contribution in [-0.4, -0.2) is 25.1 Å². The van der Waals surface area contributed by atoms with Gasteiger partial charge in [-0.05, 0) is 57.2 Å². The minimum absolute atomic E-state index is 0.431. The number of fused-ring (bicyclic) bond motifs is 3. The zero-order valence-corrected chi connectivity index (χ0v) is 17.6. The second kappa shape index (κ2) is 7.50. The van der Waals surface area contributed by atoms with Crippen LogP contribution in [0, 0.1) is 13.8 Å². The van der Waals surface area contributed by atoms with Crippen molar-refractivity contribution < 1.29 is 0 Å². The molecule has 29 heavy (non-hydrogen) atoms. The molecule has 2 N–H and O–H groups in total. The third-order valence-corrected chi connectivity index (χ3v) is 6.34. The standard InChI is InChI=1S/C22H25ClN6/c1-12-7-13(2)27-22(26-12)15-5-3-14(4-6-15)21-19-18(28-29-21)11-24-9-16-8-17(23)10-25-20(16)19/h7-8,10,14-15,24H,3-6,9,11H2,1-2H3,(H,28,29). The number of nitrogens with one attached hydrogen (secondary N) is 2. The fraction of sp³-hybridized carbons (Fsp3) is 0.455. The summed E-state index contributed by atoms with van der Waals surface area (Å²) >= 11 is 6.19. The van der Waals surface area contributed by atoms with Gasteiger partial charge in [0, 0.05) is 48.1 Å². The van der Waals surface area contributed by atoms with Crippen LogP contribution < -0.4 is 5.32 Å². The fourth-order valence-electron chi connectivity index (χ4n) is 4.81. The Bertz CT molecular complexity index is 1030. The maximum atomic E-state index is 6.19. The van der Waals surface area contributed by atoms with E-state index < -0.39 is 0 Å². The summed E-state index contributed by atoms with van der Waals surface area (Å²) in [7, 11) is 0. The molecule has 1 fully saturated rings. The highest BCUT2D eigenvalue weighted by Crippen LogP contribution is 2.43. The van der Waals surface area contributed by atoms with Gasteiger partial charge in [-0.2, -0.15) is 5.10 Å². The number of aryl methyl sites for hydroxylation is 2. The van der Waals surface area contributed by atoms with Crippen LogP contribution in [0.3, 0.4) is 0 Å². The molecule has 0 bridgehead atoms. The summed E-state index contributed by atoms with van der Waals surface area (Å²) in [6.45, 7) is 5.63. The number of pyridine rings is 1. The van der Waals surface area contributed by atoms with Crippen LogP contribution in [0.5, 0.6) is 0 Å². The Morgan fingerprint density at radius 3 is 2.45 bits per heavy atom. The number of H-pyrrole nitrogens is 1.